The third-order valence-corrected chi connectivity index (χ3v) is 3.76. The lowest BCUT2D eigenvalue weighted by atomic mass is 9.99. The molecule has 2 heterocycles. The highest BCUT2D eigenvalue weighted by molar-refractivity contribution is 7.18. The van der Waals surface area contributed by atoms with E-state index >= 15 is 0 Å². The fourth-order valence-corrected chi connectivity index (χ4v) is 2.57. The quantitative estimate of drug-likeness (QED) is 0.640. The third kappa shape index (κ3) is 2.57. The van der Waals surface area contributed by atoms with Crippen LogP contribution in [0, 0.1) is 17.2 Å². The number of aromatic nitrogens is 2. The summed E-state index contributed by atoms with van der Waals surface area (Å²) >= 11 is 6.78. The summed E-state index contributed by atoms with van der Waals surface area (Å²) in [5, 5.41) is 9.07. The highest BCUT2D eigenvalue weighted by Gasteiger charge is 2.31. The number of hydrogen-bond donors (Lipinski definition) is 0. The van der Waals surface area contributed by atoms with E-state index in [0.717, 1.165) is 11.3 Å². The van der Waals surface area contributed by atoms with Crippen molar-refractivity contribution >= 4 is 34.5 Å². The van der Waals surface area contributed by atoms with Gasteiger partial charge < -0.3 is 4.57 Å². The molecule has 5 nitrogen and oxygen atoms in total. The first-order valence-corrected chi connectivity index (χ1v) is 6.44. The maximum Gasteiger partial charge on any atom is 0.223 e. The summed E-state index contributed by atoms with van der Waals surface area (Å²) in [7, 11) is 1.63. The van der Waals surface area contributed by atoms with Gasteiger partial charge in [0.25, 0.3) is 0 Å². The minimum absolute atomic E-state index is 0.0857. The number of ketones is 2. The average Bonchev–Trinajstić information content (AvgIpc) is 2.98. The Bertz CT molecular complexity index is 683. The monoisotopic (exact) mass is 293 g/mol. The largest absolute Gasteiger partial charge is 0.332 e. The highest BCUT2D eigenvalue weighted by Crippen LogP contribution is 2.24. The van der Waals surface area contributed by atoms with Crippen molar-refractivity contribution < 1.29 is 9.59 Å². The lowest BCUT2D eigenvalue weighted by Gasteiger charge is -2.05. The molecule has 2 aromatic rings. The SMILES string of the molecule is Cn1ccnc1C(=O)C(C#N)C(=O)c1ccc(Cl)s1. The van der Waals surface area contributed by atoms with Gasteiger partial charge in [0.05, 0.1) is 15.3 Å². The molecule has 0 aliphatic heterocycles. The number of aryl methyl sites for hydroxylation is 1. The van der Waals surface area contributed by atoms with E-state index in [4.69, 9.17) is 16.9 Å². The fourth-order valence-electron chi connectivity index (χ4n) is 1.56. The van der Waals surface area contributed by atoms with Crippen LogP contribution in [0.2, 0.25) is 4.34 Å². The maximum atomic E-state index is 12.1. The molecule has 96 valence electrons. The molecule has 1 unspecified atom stereocenters. The molecular formula is C12H8ClN3O2S. The van der Waals surface area contributed by atoms with E-state index in [1.54, 1.807) is 25.4 Å². The Morgan fingerprint density at radius 3 is 2.68 bits per heavy atom. The van der Waals surface area contributed by atoms with E-state index in [0.29, 0.717) is 9.21 Å². The normalized spacial score (nSPS) is 11.8. The average molecular weight is 294 g/mol. The van der Waals surface area contributed by atoms with Gasteiger partial charge >= 0.3 is 0 Å². The van der Waals surface area contributed by atoms with Crippen molar-refractivity contribution in [1.29, 1.82) is 5.26 Å². The van der Waals surface area contributed by atoms with Gasteiger partial charge in [0.2, 0.25) is 5.78 Å². The Labute approximate surface area is 118 Å². The number of carbonyl (C=O) groups excluding carboxylic acids is 2. The summed E-state index contributed by atoms with van der Waals surface area (Å²) in [6.07, 6.45) is 3.02. The van der Waals surface area contributed by atoms with Crippen LogP contribution in [-0.2, 0) is 7.05 Å². The first-order valence-electron chi connectivity index (χ1n) is 5.25. The molecule has 0 aliphatic carbocycles. The number of imidazole rings is 1. The van der Waals surface area contributed by atoms with Gasteiger partial charge in [0, 0.05) is 19.4 Å². The summed E-state index contributed by atoms with van der Waals surface area (Å²) < 4.78 is 1.91. The lowest BCUT2D eigenvalue weighted by Crippen LogP contribution is -2.24. The first-order chi connectivity index (χ1) is 9.04. The molecule has 0 bridgehead atoms. The third-order valence-electron chi connectivity index (χ3n) is 2.51. The van der Waals surface area contributed by atoms with Crippen LogP contribution in [0.15, 0.2) is 24.5 Å². The van der Waals surface area contributed by atoms with Crippen molar-refractivity contribution in [2.75, 3.05) is 0 Å². The van der Waals surface area contributed by atoms with Gasteiger partial charge in [-0.25, -0.2) is 4.98 Å². The molecule has 2 aromatic heterocycles. The molecule has 0 saturated heterocycles. The number of hydrogen-bond acceptors (Lipinski definition) is 5. The van der Waals surface area contributed by atoms with Crippen molar-refractivity contribution in [1.82, 2.24) is 9.55 Å². The summed E-state index contributed by atoms with van der Waals surface area (Å²) in [5.41, 5.74) is 0. The Kier molecular flexibility index (Phi) is 3.79. The van der Waals surface area contributed by atoms with Crippen LogP contribution in [-0.4, -0.2) is 21.1 Å². The van der Waals surface area contributed by atoms with Crippen LogP contribution in [0.4, 0.5) is 0 Å². The molecule has 0 saturated carbocycles. The molecule has 0 aromatic carbocycles. The van der Waals surface area contributed by atoms with Crippen LogP contribution in [0.5, 0.6) is 0 Å². The topological polar surface area (TPSA) is 75.8 Å². The summed E-state index contributed by atoms with van der Waals surface area (Å²) in [6, 6.07) is 4.80. The van der Waals surface area contributed by atoms with Crippen molar-refractivity contribution in [2.24, 2.45) is 13.0 Å². The maximum absolute atomic E-state index is 12.1. The van der Waals surface area contributed by atoms with E-state index in [1.807, 2.05) is 0 Å². The van der Waals surface area contributed by atoms with E-state index in [9.17, 15) is 9.59 Å². The fraction of sp³-hybridized carbons (Fsp3) is 0.167. The highest BCUT2D eigenvalue weighted by atomic mass is 35.5. The number of carbonyl (C=O) groups is 2. The van der Waals surface area contributed by atoms with E-state index in [1.165, 1.54) is 16.8 Å². The molecule has 7 heteroatoms. The molecule has 2 rings (SSSR count). The van der Waals surface area contributed by atoms with Crippen LogP contribution in [0.1, 0.15) is 20.3 Å². The predicted molar refractivity (Wildman–Crippen MR) is 70.3 cm³/mol. The molecule has 19 heavy (non-hydrogen) atoms. The number of thiophene rings is 1. The standard InChI is InChI=1S/C12H8ClN3O2S/c1-16-5-4-15-12(16)11(18)7(6-14)10(17)8-2-3-9(13)19-8/h2-5,7H,1H3. The summed E-state index contributed by atoms with van der Waals surface area (Å²) in [4.78, 5) is 28.4. The second kappa shape index (κ2) is 5.34. The van der Waals surface area contributed by atoms with Gasteiger partial charge in [-0.15, -0.1) is 11.3 Å². The smallest absolute Gasteiger partial charge is 0.223 e. The van der Waals surface area contributed by atoms with E-state index < -0.39 is 17.5 Å². The molecule has 1 atom stereocenters. The Morgan fingerprint density at radius 1 is 1.47 bits per heavy atom. The van der Waals surface area contributed by atoms with Crippen molar-refractivity contribution in [3.8, 4) is 6.07 Å². The zero-order valence-corrected chi connectivity index (χ0v) is 11.4. The molecule has 0 amide bonds. The van der Waals surface area contributed by atoms with Crippen molar-refractivity contribution in [2.45, 2.75) is 0 Å². The molecule has 0 radical (unpaired) electrons. The second-order valence-electron chi connectivity index (χ2n) is 3.76. The lowest BCUT2D eigenvalue weighted by molar-refractivity contribution is 0.0840. The number of halogens is 1. The van der Waals surface area contributed by atoms with Crippen LogP contribution in [0.3, 0.4) is 0 Å². The zero-order valence-electron chi connectivity index (χ0n) is 9.83. The van der Waals surface area contributed by atoms with Crippen molar-refractivity contribution in [3.63, 3.8) is 0 Å². The minimum atomic E-state index is -1.39. The summed E-state index contributed by atoms with van der Waals surface area (Å²) in [5.74, 6) is -2.46. The van der Waals surface area contributed by atoms with Crippen molar-refractivity contribution in [3.05, 3.63) is 39.6 Å². The van der Waals surface area contributed by atoms with Gasteiger partial charge in [-0.05, 0) is 12.1 Å². The second-order valence-corrected chi connectivity index (χ2v) is 5.47. The summed E-state index contributed by atoms with van der Waals surface area (Å²) in [6.45, 7) is 0. The number of rotatable bonds is 4. The van der Waals surface area contributed by atoms with Crippen LogP contribution in [0.25, 0.3) is 0 Å². The molecule has 0 spiro atoms. The Balaban J connectivity index is 2.31. The first kappa shape index (κ1) is 13.5. The Morgan fingerprint density at radius 2 is 2.21 bits per heavy atom. The molecular weight excluding hydrogens is 286 g/mol. The molecule has 0 fully saturated rings. The van der Waals surface area contributed by atoms with Gasteiger partial charge in [-0.2, -0.15) is 5.26 Å². The zero-order chi connectivity index (χ0) is 14.0. The minimum Gasteiger partial charge on any atom is -0.332 e. The van der Waals surface area contributed by atoms with Gasteiger partial charge in [0.1, 0.15) is 0 Å². The van der Waals surface area contributed by atoms with E-state index in [-0.39, 0.29) is 5.82 Å². The molecule has 0 aliphatic rings. The number of Topliss-reactive ketones (excluding diaryl/α,β-unsaturated/α-hetero) is 2. The van der Waals surface area contributed by atoms with Gasteiger partial charge in [0.15, 0.2) is 17.5 Å². The van der Waals surface area contributed by atoms with Gasteiger partial charge in [-0.1, -0.05) is 11.6 Å². The number of nitriles is 1. The van der Waals surface area contributed by atoms with Crippen LogP contribution >= 0.6 is 22.9 Å². The Hall–Kier alpha value is -1.97. The van der Waals surface area contributed by atoms with E-state index in [2.05, 4.69) is 4.98 Å². The number of nitrogens with zero attached hydrogens (tertiary/aromatic N) is 3. The van der Waals surface area contributed by atoms with Gasteiger partial charge in [-0.3, -0.25) is 9.59 Å². The van der Waals surface area contributed by atoms with Crippen LogP contribution < -0.4 is 0 Å². The molecule has 0 N–H and O–H groups in total. The predicted octanol–water partition coefficient (Wildman–Crippen LogP) is 2.34.